The van der Waals surface area contributed by atoms with Crippen molar-refractivity contribution in [3.8, 4) is 0 Å². The second kappa shape index (κ2) is 7.20. The largest absolute Gasteiger partial charge is 0.330 e. The van der Waals surface area contributed by atoms with Gasteiger partial charge in [-0.1, -0.05) is 43.9 Å². The minimum absolute atomic E-state index is 0.443. The van der Waals surface area contributed by atoms with E-state index in [-0.39, 0.29) is 0 Å². The van der Waals surface area contributed by atoms with E-state index >= 15 is 0 Å². The van der Waals surface area contributed by atoms with E-state index in [4.69, 9.17) is 5.73 Å². The maximum atomic E-state index is 6.08. The molecule has 0 amide bonds. The van der Waals surface area contributed by atoms with Gasteiger partial charge in [0.25, 0.3) is 0 Å². The molecule has 1 fully saturated rings. The zero-order chi connectivity index (χ0) is 12.7. The molecule has 0 bridgehead atoms. The van der Waals surface area contributed by atoms with Gasteiger partial charge in [0.1, 0.15) is 0 Å². The minimum atomic E-state index is 0.443. The summed E-state index contributed by atoms with van der Waals surface area (Å²) in [5.41, 5.74) is 6.52. The molecule has 0 heterocycles. The van der Waals surface area contributed by atoms with Gasteiger partial charge in [0.15, 0.2) is 0 Å². The highest BCUT2D eigenvalue weighted by Crippen LogP contribution is 2.38. The van der Waals surface area contributed by atoms with Gasteiger partial charge in [0, 0.05) is 4.90 Å². The Morgan fingerprint density at radius 1 is 1.00 bits per heavy atom. The van der Waals surface area contributed by atoms with Crippen molar-refractivity contribution in [1.29, 1.82) is 0 Å². The van der Waals surface area contributed by atoms with E-state index in [0.29, 0.717) is 5.41 Å². The molecule has 18 heavy (non-hydrogen) atoms. The van der Waals surface area contributed by atoms with Crippen molar-refractivity contribution < 1.29 is 0 Å². The van der Waals surface area contributed by atoms with Crippen LogP contribution in [0, 0.1) is 5.41 Å². The zero-order valence-electron chi connectivity index (χ0n) is 11.2. The molecule has 0 spiro atoms. The summed E-state index contributed by atoms with van der Waals surface area (Å²) in [7, 11) is 0. The highest BCUT2D eigenvalue weighted by Gasteiger charge is 2.28. The first kappa shape index (κ1) is 14.0. The lowest BCUT2D eigenvalue weighted by atomic mass is 9.78. The van der Waals surface area contributed by atoms with Crippen LogP contribution in [0.4, 0.5) is 0 Å². The predicted molar refractivity (Wildman–Crippen MR) is 81.0 cm³/mol. The van der Waals surface area contributed by atoms with Crippen LogP contribution in [0.25, 0.3) is 0 Å². The minimum Gasteiger partial charge on any atom is -0.330 e. The quantitative estimate of drug-likeness (QED) is 0.626. The van der Waals surface area contributed by atoms with E-state index in [1.165, 1.54) is 55.6 Å². The predicted octanol–water partition coefficient (Wildman–Crippen LogP) is 4.47. The second-order valence-electron chi connectivity index (χ2n) is 5.53. The third-order valence-corrected chi connectivity index (χ3v) is 5.26. The van der Waals surface area contributed by atoms with Gasteiger partial charge < -0.3 is 5.73 Å². The summed E-state index contributed by atoms with van der Waals surface area (Å²) in [5, 5.41) is 0. The molecule has 1 aliphatic carbocycles. The number of rotatable bonds is 5. The molecule has 1 aromatic rings. The standard InChI is InChI=1S/C16H25NS/c17-14-16(10-6-1-2-7-11-16)12-13-18-15-8-4-3-5-9-15/h3-5,8-9H,1-2,6-7,10-14,17H2. The lowest BCUT2D eigenvalue weighted by molar-refractivity contribution is 0.246. The van der Waals surface area contributed by atoms with Crippen LogP contribution in [-0.2, 0) is 0 Å². The molecular formula is C16H25NS. The zero-order valence-corrected chi connectivity index (χ0v) is 12.1. The molecule has 0 saturated heterocycles. The normalized spacial score (nSPS) is 19.4. The smallest absolute Gasteiger partial charge is 0.00719 e. The summed E-state index contributed by atoms with van der Waals surface area (Å²) < 4.78 is 0. The van der Waals surface area contributed by atoms with Crippen molar-refractivity contribution in [2.45, 2.75) is 49.8 Å². The molecule has 0 aliphatic heterocycles. The average molecular weight is 263 g/mol. The van der Waals surface area contributed by atoms with E-state index in [1.807, 2.05) is 11.8 Å². The fourth-order valence-corrected chi connectivity index (χ4v) is 4.06. The van der Waals surface area contributed by atoms with Crippen LogP contribution in [0.15, 0.2) is 35.2 Å². The van der Waals surface area contributed by atoms with Gasteiger partial charge in [-0.25, -0.2) is 0 Å². The Morgan fingerprint density at radius 3 is 2.28 bits per heavy atom. The summed E-state index contributed by atoms with van der Waals surface area (Å²) in [6.45, 7) is 0.877. The molecule has 100 valence electrons. The molecular weight excluding hydrogens is 238 g/mol. The Hall–Kier alpha value is -0.470. The van der Waals surface area contributed by atoms with Crippen molar-refractivity contribution in [1.82, 2.24) is 0 Å². The monoisotopic (exact) mass is 263 g/mol. The molecule has 0 atom stereocenters. The summed E-state index contributed by atoms with van der Waals surface area (Å²) in [6, 6.07) is 10.7. The van der Waals surface area contributed by atoms with E-state index in [2.05, 4.69) is 30.3 Å². The Labute approximate surface area is 116 Å². The first-order valence-corrected chi connectivity index (χ1v) is 8.21. The maximum Gasteiger partial charge on any atom is 0.00719 e. The molecule has 1 aliphatic rings. The van der Waals surface area contributed by atoms with Gasteiger partial charge in [-0.2, -0.15) is 0 Å². The van der Waals surface area contributed by atoms with Crippen LogP contribution in [0.3, 0.4) is 0 Å². The first-order valence-electron chi connectivity index (χ1n) is 7.23. The van der Waals surface area contributed by atoms with Crippen LogP contribution in [0.1, 0.15) is 44.9 Å². The SMILES string of the molecule is NCC1(CCSc2ccccc2)CCCCCC1. The van der Waals surface area contributed by atoms with Crippen LogP contribution in [-0.4, -0.2) is 12.3 Å². The van der Waals surface area contributed by atoms with Gasteiger partial charge >= 0.3 is 0 Å². The fraction of sp³-hybridized carbons (Fsp3) is 0.625. The third kappa shape index (κ3) is 4.03. The number of hydrogen-bond acceptors (Lipinski definition) is 2. The molecule has 1 saturated carbocycles. The van der Waals surface area contributed by atoms with Gasteiger partial charge in [-0.3, -0.25) is 0 Å². The van der Waals surface area contributed by atoms with Crippen molar-refractivity contribution in [2.24, 2.45) is 11.1 Å². The molecule has 2 heteroatoms. The Kier molecular flexibility index (Phi) is 5.58. The van der Waals surface area contributed by atoms with Crippen molar-refractivity contribution in [3.63, 3.8) is 0 Å². The first-order chi connectivity index (χ1) is 8.85. The highest BCUT2D eigenvalue weighted by atomic mass is 32.2. The topological polar surface area (TPSA) is 26.0 Å². The number of thioether (sulfide) groups is 1. The van der Waals surface area contributed by atoms with Crippen LogP contribution >= 0.6 is 11.8 Å². The molecule has 0 radical (unpaired) electrons. The number of benzene rings is 1. The molecule has 2 N–H and O–H groups in total. The summed E-state index contributed by atoms with van der Waals surface area (Å²) in [6.07, 6.45) is 9.56. The molecule has 1 aromatic carbocycles. The molecule has 1 nitrogen and oxygen atoms in total. The van der Waals surface area contributed by atoms with Crippen molar-refractivity contribution in [2.75, 3.05) is 12.3 Å². The van der Waals surface area contributed by atoms with Gasteiger partial charge in [-0.05, 0) is 49.1 Å². The molecule has 0 unspecified atom stereocenters. The Morgan fingerprint density at radius 2 is 1.67 bits per heavy atom. The third-order valence-electron chi connectivity index (χ3n) is 4.24. The summed E-state index contributed by atoms with van der Waals surface area (Å²) in [5.74, 6) is 1.21. The van der Waals surface area contributed by atoms with E-state index in [1.54, 1.807) is 0 Å². The number of nitrogens with two attached hydrogens (primary N) is 1. The van der Waals surface area contributed by atoms with Gasteiger partial charge in [0.05, 0.1) is 0 Å². The highest BCUT2D eigenvalue weighted by molar-refractivity contribution is 7.99. The van der Waals surface area contributed by atoms with E-state index < -0.39 is 0 Å². The van der Waals surface area contributed by atoms with E-state index in [9.17, 15) is 0 Å². The lowest BCUT2D eigenvalue weighted by Crippen LogP contribution is -2.30. The Bertz CT molecular complexity index is 328. The van der Waals surface area contributed by atoms with Crippen molar-refractivity contribution in [3.05, 3.63) is 30.3 Å². The van der Waals surface area contributed by atoms with Gasteiger partial charge in [-0.15, -0.1) is 11.8 Å². The summed E-state index contributed by atoms with van der Waals surface area (Å²) in [4.78, 5) is 1.39. The lowest BCUT2D eigenvalue weighted by Gasteiger charge is -2.31. The summed E-state index contributed by atoms with van der Waals surface area (Å²) >= 11 is 1.98. The van der Waals surface area contributed by atoms with Crippen molar-refractivity contribution >= 4 is 11.8 Å². The average Bonchev–Trinajstić information content (AvgIpc) is 2.66. The second-order valence-corrected chi connectivity index (χ2v) is 6.70. The van der Waals surface area contributed by atoms with Crippen LogP contribution < -0.4 is 5.73 Å². The number of hydrogen-bond donors (Lipinski definition) is 1. The van der Waals surface area contributed by atoms with Gasteiger partial charge in [0.2, 0.25) is 0 Å². The fourth-order valence-electron chi connectivity index (χ4n) is 2.94. The van der Waals surface area contributed by atoms with E-state index in [0.717, 1.165) is 6.54 Å². The Balaban J connectivity index is 1.83. The maximum absolute atomic E-state index is 6.08. The van der Waals surface area contributed by atoms with Crippen LogP contribution in [0.5, 0.6) is 0 Å². The molecule has 2 rings (SSSR count). The van der Waals surface area contributed by atoms with Crippen LogP contribution in [0.2, 0.25) is 0 Å². The molecule has 0 aromatic heterocycles.